The average Bonchev–Trinajstić information content (AvgIpc) is 3.89. The van der Waals surface area contributed by atoms with E-state index in [-0.39, 0.29) is 0 Å². The van der Waals surface area contributed by atoms with Gasteiger partial charge < -0.3 is 9.30 Å². The van der Waals surface area contributed by atoms with Crippen LogP contribution in [0.4, 0.5) is 17.1 Å². The van der Waals surface area contributed by atoms with Gasteiger partial charge in [0.15, 0.2) is 0 Å². The Morgan fingerprint density at radius 2 is 0.885 bits per heavy atom. The van der Waals surface area contributed by atoms with Crippen LogP contribution in [0.2, 0.25) is 0 Å². The normalized spacial score (nSPS) is 11.6. The van der Waals surface area contributed by atoms with Crippen molar-refractivity contribution in [1.82, 2.24) is 4.40 Å². The van der Waals surface area contributed by atoms with Gasteiger partial charge in [0.2, 0.25) is 0 Å². The second-order valence-corrected chi connectivity index (χ2v) is 16.8. The molecule has 2 nitrogen and oxygen atoms in total. The lowest BCUT2D eigenvalue weighted by Crippen LogP contribution is -2.09. The fourth-order valence-electron chi connectivity index (χ4n) is 9.27. The number of anilines is 3. The molecule has 0 atom stereocenters. The summed E-state index contributed by atoms with van der Waals surface area (Å²) < 4.78 is 5.02. The van der Waals surface area contributed by atoms with Gasteiger partial charge in [0.25, 0.3) is 0 Å². The quantitative estimate of drug-likeness (QED) is 0.156. The maximum atomic E-state index is 2.41. The molecule has 12 rings (SSSR count). The zero-order chi connectivity index (χ0) is 40.3. The highest BCUT2D eigenvalue weighted by atomic mass is 32.1. The summed E-state index contributed by atoms with van der Waals surface area (Å²) in [6.07, 6.45) is 2.21. The number of nitrogens with zero attached hydrogens (tertiary/aromatic N) is 2. The number of benzene rings is 9. The summed E-state index contributed by atoms with van der Waals surface area (Å²) >= 11 is 1.90. The third kappa shape index (κ3) is 6.01. The molecule has 286 valence electrons. The lowest BCUT2D eigenvalue weighted by molar-refractivity contribution is 1.26. The average molecular weight is 795 g/mol. The van der Waals surface area contributed by atoms with Gasteiger partial charge in [0.05, 0.1) is 11.0 Å². The van der Waals surface area contributed by atoms with Gasteiger partial charge in [-0.15, -0.1) is 11.3 Å². The zero-order valence-electron chi connectivity index (χ0n) is 33.2. The van der Waals surface area contributed by atoms with Crippen molar-refractivity contribution in [2.45, 2.75) is 0 Å². The number of thiophene rings is 1. The standard InChI is InChI=1S/C58H38N2S/c1-3-12-39(13-4-1)41-23-30-46(31-24-41)60(47-32-25-42(26-33-47)40-14-5-2-6-15-40)48-34-27-43(28-35-48)45-22-21-44-29-36-54-57(52(44)38-45)56(53-19-9-10-37-59(53)54)51-18-11-17-50-49-16-7-8-20-55(49)61-58(50)51/h1-38H. The first-order chi connectivity index (χ1) is 30.2. The van der Waals surface area contributed by atoms with Crippen LogP contribution in [0.5, 0.6) is 0 Å². The van der Waals surface area contributed by atoms with Crippen molar-refractivity contribution in [3.63, 3.8) is 0 Å². The van der Waals surface area contributed by atoms with Crippen LogP contribution >= 0.6 is 11.3 Å². The molecule has 0 aliphatic carbocycles. The molecule has 3 heteroatoms. The third-order valence-electron chi connectivity index (χ3n) is 12.2. The molecule has 0 radical (unpaired) electrons. The molecule has 0 saturated heterocycles. The molecule has 0 saturated carbocycles. The molecule has 0 amide bonds. The van der Waals surface area contributed by atoms with Crippen molar-refractivity contribution in [2.75, 3.05) is 4.90 Å². The first-order valence-electron chi connectivity index (χ1n) is 20.8. The van der Waals surface area contributed by atoms with E-state index in [1.165, 1.54) is 91.9 Å². The first-order valence-corrected chi connectivity index (χ1v) is 21.6. The van der Waals surface area contributed by atoms with E-state index in [1.807, 2.05) is 11.3 Å². The topological polar surface area (TPSA) is 7.65 Å². The van der Waals surface area contributed by atoms with Crippen molar-refractivity contribution >= 4 is 75.8 Å². The molecule has 3 aromatic heterocycles. The fraction of sp³-hybridized carbons (Fsp3) is 0. The van der Waals surface area contributed by atoms with Gasteiger partial charge in [-0.05, 0) is 111 Å². The van der Waals surface area contributed by atoms with Crippen LogP contribution in [0, 0.1) is 0 Å². The summed E-state index contributed by atoms with van der Waals surface area (Å²) in [5.74, 6) is 0. The van der Waals surface area contributed by atoms with Crippen molar-refractivity contribution in [3.05, 3.63) is 231 Å². The van der Waals surface area contributed by atoms with Crippen LogP contribution in [0.1, 0.15) is 0 Å². The van der Waals surface area contributed by atoms with Crippen LogP contribution in [-0.2, 0) is 0 Å². The first kappa shape index (κ1) is 35.2. The molecule has 0 bridgehead atoms. The minimum atomic E-state index is 1.10. The largest absolute Gasteiger partial charge is 0.316 e. The van der Waals surface area contributed by atoms with Crippen molar-refractivity contribution < 1.29 is 0 Å². The lowest BCUT2D eigenvalue weighted by Gasteiger charge is -2.26. The maximum absolute atomic E-state index is 2.41. The molecular formula is C58H38N2S. The Bertz CT molecular complexity index is 3460. The summed E-state index contributed by atoms with van der Waals surface area (Å²) in [4.78, 5) is 2.35. The maximum Gasteiger partial charge on any atom is 0.0541 e. The van der Waals surface area contributed by atoms with Gasteiger partial charge in [0.1, 0.15) is 0 Å². The summed E-state index contributed by atoms with van der Waals surface area (Å²) in [7, 11) is 0. The highest BCUT2D eigenvalue weighted by Gasteiger charge is 2.20. The smallest absolute Gasteiger partial charge is 0.0541 e. The molecular weight excluding hydrogens is 757 g/mol. The molecule has 0 spiro atoms. The molecule has 0 aliphatic rings. The number of hydrogen-bond acceptors (Lipinski definition) is 2. The summed E-state index contributed by atoms with van der Waals surface area (Å²) in [5, 5.41) is 6.42. The van der Waals surface area contributed by atoms with Crippen molar-refractivity contribution in [1.29, 1.82) is 0 Å². The van der Waals surface area contributed by atoms with Crippen LogP contribution in [0.15, 0.2) is 231 Å². The Labute approximate surface area is 358 Å². The predicted molar refractivity (Wildman–Crippen MR) is 262 cm³/mol. The van der Waals surface area contributed by atoms with E-state index in [1.54, 1.807) is 0 Å². The lowest BCUT2D eigenvalue weighted by atomic mass is 9.94. The predicted octanol–water partition coefficient (Wildman–Crippen LogP) is 16.8. The summed E-state index contributed by atoms with van der Waals surface area (Å²) in [6, 6.07) is 81.8. The van der Waals surface area contributed by atoms with Gasteiger partial charge in [-0.25, -0.2) is 0 Å². The Hall–Kier alpha value is -7.72. The van der Waals surface area contributed by atoms with E-state index in [2.05, 4.69) is 240 Å². The SMILES string of the molecule is c1ccc(-c2ccc(N(c3ccc(-c4ccccc4)cc3)c3ccc(-c4ccc5ccc6c(c(-c7cccc8c7sc7ccccc78)c7ccccn76)c5c4)cc3)cc2)cc1. The van der Waals surface area contributed by atoms with Crippen LogP contribution in [0.3, 0.4) is 0 Å². The van der Waals surface area contributed by atoms with Crippen LogP contribution < -0.4 is 4.90 Å². The Morgan fingerprint density at radius 3 is 1.54 bits per heavy atom. The number of rotatable bonds is 7. The molecule has 9 aromatic carbocycles. The van der Waals surface area contributed by atoms with E-state index in [0.29, 0.717) is 0 Å². The molecule has 0 aliphatic heterocycles. The van der Waals surface area contributed by atoms with E-state index in [4.69, 9.17) is 0 Å². The summed E-state index contributed by atoms with van der Waals surface area (Å²) in [5.41, 5.74) is 15.5. The molecule has 3 heterocycles. The van der Waals surface area contributed by atoms with Gasteiger partial charge in [-0.2, -0.15) is 0 Å². The van der Waals surface area contributed by atoms with Crippen molar-refractivity contribution in [3.8, 4) is 44.5 Å². The molecule has 0 unspecified atom stereocenters. The van der Waals surface area contributed by atoms with E-state index in [9.17, 15) is 0 Å². The highest BCUT2D eigenvalue weighted by Crippen LogP contribution is 2.47. The zero-order valence-corrected chi connectivity index (χ0v) is 34.1. The monoisotopic (exact) mass is 794 g/mol. The highest BCUT2D eigenvalue weighted by molar-refractivity contribution is 7.26. The van der Waals surface area contributed by atoms with Crippen molar-refractivity contribution in [2.24, 2.45) is 0 Å². The fourth-order valence-corrected chi connectivity index (χ4v) is 10.5. The molecule has 61 heavy (non-hydrogen) atoms. The molecule has 12 aromatic rings. The second-order valence-electron chi connectivity index (χ2n) is 15.7. The van der Waals surface area contributed by atoms with Gasteiger partial charge in [-0.3, -0.25) is 0 Å². The Kier molecular flexibility index (Phi) is 8.39. The number of pyridine rings is 1. The van der Waals surface area contributed by atoms with E-state index in [0.717, 1.165) is 17.1 Å². The van der Waals surface area contributed by atoms with Crippen LogP contribution in [0.25, 0.3) is 91.9 Å². The Balaban J connectivity index is 0.978. The van der Waals surface area contributed by atoms with E-state index < -0.39 is 0 Å². The number of aromatic nitrogens is 1. The van der Waals surface area contributed by atoms with Gasteiger partial charge in [0, 0.05) is 59.9 Å². The third-order valence-corrected chi connectivity index (χ3v) is 13.4. The minimum Gasteiger partial charge on any atom is -0.316 e. The Morgan fingerprint density at radius 1 is 0.361 bits per heavy atom. The van der Waals surface area contributed by atoms with Gasteiger partial charge >= 0.3 is 0 Å². The van der Waals surface area contributed by atoms with Gasteiger partial charge in [-0.1, -0.05) is 158 Å². The van der Waals surface area contributed by atoms with Crippen LogP contribution in [-0.4, -0.2) is 4.40 Å². The second kappa shape index (κ2) is 14.5. The molecule has 0 N–H and O–H groups in total. The number of hydrogen-bond donors (Lipinski definition) is 0. The van der Waals surface area contributed by atoms with E-state index >= 15 is 0 Å². The minimum absolute atomic E-state index is 1.10. The summed E-state index contributed by atoms with van der Waals surface area (Å²) in [6.45, 7) is 0. The molecule has 0 fully saturated rings. The number of fused-ring (bicyclic) bond motifs is 8.